The minimum absolute atomic E-state index is 0.348. The molecule has 1 aromatic carbocycles. The maximum Gasteiger partial charge on any atom is 0.0806 e. The molecule has 1 atom stereocenters. The summed E-state index contributed by atoms with van der Waals surface area (Å²) in [4.78, 5) is 5.68. The largest absolute Gasteiger partial charge is 0.254 e. The van der Waals surface area contributed by atoms with Crippen LogP contribution in [0.5, 0.6) is 0 Å². The smallest absolute Gasteiger partial charge is 0.0806 e. The molecule has 0 saturated carbocycles. The van der Waals surface area contributed by atoms with Gasteiger partial charge in [-0.05, 0) is 47.8 Å². The van der Waals surface area contributed by atoms with E-state index in [4.69, 9.17) is 0 Å². The van der Waals surface area contributed by atoms with E-state index in [0.717, 1.165) is 30.7 Å². The minimum atomic E-state index is 0.348. The van der Waals surface area contributed by atoms with Gasteiger partial charge in [0.2, 0.25) is 0 Å². The van der Waals surface area contributed by atoms with E-state index in [2.05, 4.69) is 76.7 Å². The first-order valence-electron chi connectivity index (χ1n) is 9.41. The van der Waals surface area contributed by atoms with E-state index in [1.165, 1.54) is 27.2 Å². The van der Waals surface area contributed by atoms with E-state index in [0.29, 0.717) is 5.92 Å². The maximum atomic E-state index is 4.50. The first-order valence-corrected chi connectivity index (χ1v) is 10.2. The van der Waals surface area contributed by atoms with Gasteiger partial charge in [-0.25, -0.2) is 0 Å². The molecule has 1 aromatic rings. The number of allylic oxidation sites excluding steroid dienone is 2. The third kappa shape index (κ3) is 7.21. The van der Waals surface area contributed by atoms with Crippen molar-refractivity contribution in [3.05, 3.63) is 71.3 Å². The van der Waals surface area contributed by atoms with Crippen LogP contribution >= 0.6 is 11.8 Å². The lowest BCUT2D eigenvalue weighted by molar-refractivity contribution is 0.772. The molecule has 26 heavy (non-hydrogen) atoms. The number of rotatable bonds is 10. The molecule has 0 heterocycles. The molecule has 0 N–H and O–H groups in total. The van der Waals surface area contributed by atoms with Crippen LogP contribution in [0.25, 0.3) is 12.2 Å². The van der Waals surface area contributed by atoms with Crippen LogP contribution in [0.2, 0.25) is 0 Å². The molecule has 0 saturated heterocycles. The number of hydrogen-bond acceptors (Lipinski definition) is 2. The number of hydrogen-bond donors (Lipinski definition) is 0. The van der Waals surface area contributed by atoms with E-state index < -0.39 is 0 Å². The fraction of sp³-hybridized carbons (Fsp3) is 0.375. The Morgan fingerprint density at radius 3 is 2.58 bits per heavy atom. The third-order valence-corrected chi connectivity index (χ3v) is 5.44. The van der Waals surface area contributed by atoms with E-state index in [-0.39, 0.29) is 0 Å². The highest BCUT2D eigenvalue weighted by atomic mass is 32.2. The summed E-state index contributed by atoms with van der Waals surface area (Å²) in [5.74, 6) is 0.348. The molecule has 0 aromatic heterocycles. The lowest BCUT2D eigenvalue weighted by Gasteiger charge is -2.15. The molecule has 0 amide bonds. The first-order chi connectivity index (χ1) is 12.4. The zero-order valence-electron chi connectivity index (χ0n) is 16.8. The Morgan fingerprint density at radius 1 is 1.27 bits per heavy atom. The van der Waals surface area contributed by atoms with Gasteiger partial charge in [-0.2, -0.15) is 0 Å². The van der Waals surface area contributed by atoms with Crippen molar-refractivity contribution >= 4 is 29.0 Å². The summed E-state index contributed by atoms with van der Waals surface area (Å²) >= 11 is 1.71. The molecule has 0 radical (unpaired) electrons. The Kier molecular flexibility index (Phi) is 10.0. The summed E-state index contributed by atoms with van der Waals surface area (Å²) in [5, 5.41) is 1.10. The molecular formula is C24H33NS. The number of nitrogens with zero attached hydrogens (tertiary/aromatic N) is 1. The SMILES string of the molecule is C=CN=C(SC(=C)CCC)C(C)C/C(C)=C\c1ccc(C=C)c(CC)c1. The second kappa shape index (κ2) is 11.7. The normalized spacial score (nSPS) is 13.4. The van der Waals surface area contributed by atoms with Crippen LogP contribution in [0.1, 0.15) is 63.6 Å². The van der Waals surface area contributed by atoms with Crippen LogP contribution in [-0.2, 0) is 6.42 Å². The molecule has 140 valence electrons. The van der Waals surface area contributed by atoms with Crippen molar-refractivity contribution in [3.8, 4) is 0 Å². The van der Waals surface area contributed by atoms with Gasteiger partial charge in [0.05, 0.1) is 5.04 Å². The number of thioether (sulfide) groups is 1. The highest BCUT2D eigenvalue weighted by Crippen LogP contribution is 2.28. The topological polar surface area (TPSA) is 12.4 Å². The van der Waals surface area contributed by atoms with E-state index in [1.54, 1.807) is 18.0 Å². The fourth-order valence-corrected chi connectivity index (χ4v) is 3.97. The molecule has 0 aliphatic rings. The summed E-state index contributed by atoms with van der Waals surface area (Å²) in [6.45, 7) is 20.6. The van der Waals surface area contributed by atoms with Gasteiger partial charge in [0.1, 0.15) is 0 Å². The van der Waals surface area contributed by atoms with Crippen molar-refractivity contribution in [3.63, 3.8) is 0 Å². The summed E-state index contributed by atoms with van der Waals surface area (Å²) in [7, 11) is 0. The summed E-state index contributed by atoms with van der Waals surface area (Å²) in [5.41, 5.74) is 5.17. The lowest BCUT2D eigenvalue weighted by Crippen LogP contribution is -2.08. The van der Waals surface area contributed by atoms with Gasteiger partial charge in [-0.15, -0.1) is 0 Å². The molecule has 0 fully saturated rings. The van der Waals surface area contributed by atoms with Crippen LogP contribution < -0.4 is 0 Å². The Morgan fingerprint density at radius 2 is 2.00 bits per heavy atom. The molecule has 0 spiro atoms. The minimum Gasteiger partial charge on any atom is -0.254 e. The van der Waals surface area contributed by atoms with Crippen molar-refractivity contribution in [2.45, 2.75) is 53.4 Å². The van der Waals surface area contributed by atoms with Crippen molar-refractivity contribution in [2.75, 3.05) is 0 Å². The van der Waals surface area contributed by atoms with Crippen LogP contribution in [0.4, 0.5) is 0 Å². The van der Waals surface area contributed by atoms with E-state index in [1.807, 2.05) is 6.08 Å². The second-order valence-corrected chi connectivity index (χ2v) is 7.85. The monoisotopic (exact) mass is 367 g/mol. The summed E-state index contributed by atoms with van der Waals surface area (Å²) in [6.07, 6.45) is 9.98. The van der Waals surface area contributed by atoms with Gasteiger partial charge in [-0.1, -0.05) is 94.6 Å². The Hall–Kier alpha value is -1.80. The van der Waals surface area contributed by atoms with Crippen molar-refractivity contribution in [1.82, 2.24) is 0 Å². The van der Waals surface area contributed by atoms with Gasteiger partial charge in [0.25, 0.3) is 0 Å². The van der Waals surface area contributed by atoms with Gasteiger partial charge in [-0.3, -0.25) is 4.99 Å². The number of aryl methyl sites for hydroxylation is 1. The molecule has 0 aliphatic carbocycles. The van der Waals surface area contributed by atoms with E-state index >= 15 is 0 Å². The molecule has 0 aliphatic heterocycles. The lowest BCUT2D eigenvalue weighted by atomic mass is 9.98. The number of aliphatic imine (C=N–C) groups is 1. The van der Waals surface area contributed by atoms with Crippen molar-refractivity contribution in [1.29, 1.82) is 0 Å². The standard InChI is InChI=1S/C24H33NS/c1-8-12-20(7)26-24(25-11-4)19(6)15-18(5)16-21-13-14-22(9-2)23(10-3)17-21/h9,11,13-14,16-17,19H,2,4,7-8,10,12,15H2,1,3,5-6H3/b18-16-,25-24?. The highest BCUT2D eigenvalue weighted by Gasteiger charge is 2.13. The zero-order chi connectivity index (χ0) is 19.5. The molecular weight excluding hydrogens is 334 g/mol. The second-order valence-electron chi connectivity index (χ2n) is 6.65. The zero-order valence-corrected chi connectivity index (χ0v) is 17.7. The molecule has 1 rings (SSSR count). The van der Waals surface area contributed by atoms with Gasteiger partial charge < -0.3 is 0 Å². The first kappa shape index (κ1) is 22.2. The Bertz CT molecular complexity index is 694. The van der Waals surface area contributed by atoms with Crippen LogP contribution in [-0.4, -0.2) is 5.04 Å². The fourth-order valence-electron chi connectivity index (χ4n) is 2.96. The Labute approximate surface area is 164 Å². The average Bonchev–Trinajstić information content (AvgIpc) is 2.61. The quantitative estimate of drug-likeness (QED) is 0.302. The van der Waals surface area contributed by atoms with Gasteiger partial charge in [0, 0.05) is 12.1 Å². The molecule has 2 heteroatoms. The highest BCUT2D eigenvalue weighted by molar-refractivity contribution is 8.17. The predicted octanol–water partition coefficient (Wildman–Crippen LogP) is 7.91. The van der Waals surface area contributed by atoms with Gasteiger partial charge >= 0.3 is 0 Å². The number of benzene rings is 1. The van der Waals surface area contributed by atoms with Crippen LogP contribution in [0, 0.1) is 5.92 Å². The van der Waals surface area contributed by atoms with Crippen molar-refractivity contribution in [2.24, 2.45) is 10.9 Å². The average molecular weight is 368 g/mol. The molecule has 0 bridgehead atoms. The van der Waals surface area contributed by atoms with Crippen molar-refractivity contribution < 1.29 is 0 Å². The van der Waals surface area contributed by atoms with E-state index in [9.17, 15) is 0 Å². The summed E-state index contributed by atoms with van der Waals surface area (Å²) in [6, 6.07) is 6.59. The maximum absolute atomic E-state index is 4.50. The molecule has 1 nitrogen and oxygen atoms in total. The van der Waals surface area contributed by atoms with Gasteiger partial charge in [0.15, 0.2) is 0 Å². The predicted molar refractivity (Wildman–Crippen MR) is 123 cm³/mol. The summed E-state index contributed by atoms with van der Waals surface area (Å²) < 4.78 is 0. The van der Waals surface area contributed by atoms with Crippen LogP contribution in [0.15, 0.2) is 59.6 Å². The van der Waals surface area contributed by atoms with Crippen LogP contribution in [0.3, 0.4) is 0 Å². The third-order valence-electron chi connectivity index (χ3n) is 4.23. The molecule has 1 unspecified atom stereocenters. The Balaban J connectivity index is 2.89.